The fraction of sp³-hybridized carbons (Fsp3) is 0.273. The summed E-state index contributed by atoms with van der Waals surface area (Å²) in [6, 6.07) is 20.9. The van der Waals surface area contributed by atoms with E-state index in [4.69, 9.17) is 4.99 Å². The van der Waals surface area contributed by atoms with Crippen molar-refractivity contribution in [1.29, 1.82) is 0 Å². The maximum Gasteiger partial charge on any atom is 0.274 e. The van der Waals surface area contributed by atoms with Gasteiger partial charge in [-0.2, -0.15) is 0 Å². The highest BCUT2D eigenvalue weighted by molar-refractivity contribution is 6.49. The highest BCUT2D eigenvalue weighted by atomic mass is 16.1. The molecule has 2 aromatic carbocycles. The van der Waals surface area contributed by atoms with E-state index < -0.39 is 0 Å². The molecular formula is C33H33N5O. The molecule has 1 fully saturated rings. The van der Waals surface area contributed by atoms with E-state index in [1.54, 1.807) is 6.20 Å². The van der Waals surface area contributed by atoms with Gasteiger partial charge in [-0.05, 0) is 79.0 Å². The van der Waals surface area contributed by atoms with E-state index in [1.807, 2.05) is 42.9 Å². The summed E-state index contributed by atoms with van der Waals surface area (Å²) in [5, 5.41) is 3.07. The van der Waals surface area contributed by atoms with Gasteiger partial charge in [-0.1, -0.05) is 42.5 Å². The van der Waals surface area contributed by atoms with Crippen LogP contribution >= 0.6 is 0 Å². The fourth-order valence-electron chi connectivity index (χ4n) is 5.52. The highest BCUT2D eigenvalue weighted by Gasteiger charge is 2.21. The SMILES string of the molecule is O=C(Nc1cncc(Cc2ccccc2)c1)C1=NCCCc2ccc(-c3cncc(N4CCCCC4)c3)cc21. The number of anilines is 2. The van der Waals surface area contributed by atoms with Crippen LogP contribution in [0.5, 0.6) is 0 Å². The number of aromatic nitrogens is 2. The molecule has 4 aromatic rings. The highest BCUT2D eigenvalue weighted by Crippen LogP contribution is 2.29. The number of rotatable bonds is 6. The second-order valence-corrected chi connectivity index (χ2v) is 10.4. The Balaban J connectivity index is 1.25. The molecule has 4 heterocycles. The summed E-state index contributed by atoms with van der Waals surface area (Å²) in [6.45, 7) is 2.78. The van der Waals surface area contributed by atoms with Gasteiger partial charge in [0.2, 0.25) is 0 Å². The Labute approximate surface area is 229 Å². The Morgan fingerprint density at radius 2 is 1.64 bits per heavy atom. The number of nitrogens with one attached hydrogen (secondary N) is 1. The third kappa shape index (κ3) is 5.90. The predicted molar refractivity (Wildman–Crippen MR) is 158 cm³/mol. The second kappa shape index (κ2) is 11.6. The number of hydrogen-bond donors (Lipinski definition) is 1. The van der Waals surface area contributed by atoms with E-state index in [2.05, 4.69) is 56.6 Å². The lowest BCUT2D eigenvalue weighted by Gasteiger charge is -2.28. The van der Waals surface area contributed by atoms with E-state index in [0.29, 0.717) is 17.9 Å². The molecule has 6 heteroatoms. The summed E-state index contributed by atoms with van der Waals surface area (Å²) in [5.74, 6) is -0.200. The monoisotopic (exact) mass is 515 g/mol. The van der Waals surface area contributed by atoms with Crippen molar-refractivity contribution in [2.75, 3.05) is 29.9 Å². The van der Waals surface area contributed by atoms with Gasteiger partial charge in [-0.3, -0.25) is 19.8 Å². The molecule has 6 nitrogen and oxygen atoms in total. The number of carbonyl (C=O) groups excluding carboxylic acids is 1. The molecule has 6 rings (SSSR count). The molecule has 0 saturated carbocycles. The number of benzene rings is 2. The van der Waals surface area contributed by atoms with Gasteiger partial charge in [-0.25, -0.2) is 0 Å². The fourth-order valence-corrected chi connectivity index (χ4v) is 5.52. The molecular weight excluding hydrogens is 482 g/mol. The van der Waals surface area contributed by atoms with Crippen LogP contribution in [0.4, 0.5) is 11.4 Å². The quantitative estimate of drug-likeness (QED) is 0.337. The summed E-state index contributed by atoms with van der Waals surface area (Å²) in [5.41, 5.74) is 8.74. The van der Waals surface area contributed by atoms with Crippen LogP contribution in [0.2, 0.25) is 0 Å². The maximum absolute atomic E-state index is 13.6. The third-order valence-corrected chi connectivity index (χ3v) is 7.54. The van der Waals surface area contributed by atoms with Crippen molar-refractivity contribution in [3.05, 3.63) is 108 Å². The molecule has 0 unspecified atom stereocenters. The molecule has 0 aliphatic carbocycles. The average Bonchev–Trinajstić information content (AvgIpc) is 3.21. The number of piperidine rings is 1. The first-order chi connectivity index (χ1) is 19.2. The zero-order valence-electron chi connectivity index (χ0n) is 22.1. The van der Waals surface area contributed by atoms with Crippen molar-refractivity contribution in [1.82, 2.24) is 9.97 Å². The number of nitrogens with zero attached hydrogens (tertiary/aromatic N) is 4. The molecule has 1 N–H and O–H groups in total. The summed E-state index contributed by atoms with van der Waals surface area (Å²) in [4.78, 5) is 29.7. The van der Waals surface area contributed by atoms with Crippen LogP contribution in [0.3, 0.4) is 0 Å². The number of aliphatic imine (C=N–C) groups is 1. The number of amides is 1. The summed E-state index contributed by atoms with van der Waals surface area (Å²) in [6.07, 6.45) is 13.7. The van der Waals surface area contributed by atoms with Gasteiger partial charge in [0.15, 0.2) is 0 Å². The van der Waals surface area contributed by atoms with Crippen LogP contribution in [0.25, 0.3) is 11.1 Å². The zero-order valence-corrected chi connectivity index (χ0v) is 22.1. The molecule has 0 bridgehead atoms. The lowest BCUT2D eigenvalue weighted by Crippen LogP contribution is -2.29. The van der Waals surface area contributed by atoms with Crippen molar-refractivity contribution in [3.8, 4) is 11.1 Å². The largest absolute Gasteiger partial charge is 0.370 e. The van der Waals surface area contributed by atoms with Crippen molar-refractivity contribution in [2.24, 2.45) is 4.99 Å². The van der Waals surface area contributed by atoms with Gasteiger partial charge < -0.3 is 10.2 Å². The van der Waals surface area contributed by atoms with Gasteiger partial charge in [0.05, 0.1) is 23.8 Å². The smallest absolute Gasteiger partial charge is 0.274 e. The molecule has 2 aromatic heterocycles. The van der Waals surface area contributed by atoms with Gasteiger partial charge in [-0.15, -0.1) is 0 Å². The Bertz CT molecular complexity index is 1490. The molecule has 1 saturated heterocycles. The summed E-state index contributed by atoms with van der Waals surface area (Å²) >= 11 is 0. The minimum absolute atomic E-state index is 0.200. The number of fused-ring (bicyclic) bond motifs is 1. The number of carbonyl (C=O) groups is 1. The molecule has 196 valence electrons. The Morgan fingerprint density at radius 1 is 0.795 bits per heavy atom. The molecule has 0 radical (unpaired) electrons. The standard InChI is InChI=1S/C33H33N5O/c39-33(37-29-17-25(20-34-22-29)16-24-8-3-1-4-9-24)32-31-19-27(12-11-26(31)10-7-13-36-32)28-18-30(23-35-21-28)38-14-5-2-6-15-38/h1,3-4,8-9,11-12,17-23H,2,5-7,10,13-16H2,(H,37,39). The first-order valence-corrected chi connectivity index (χ1v) is 13.9. The summed E-state index contributed by atoms with van der Waals surface area (Å²) in [7, 11) is 0. The molecule has 0 spiro atoms. The molecule has 2 aliphatic rings. The van der Waals surface area contributed by atoms with Crippen LogP contribution in [0, 0.1) is 0 Å². The van der Waals surface area contributed by atoms with Crippen molar-refractivity contribution in [3.63, 3.8) is 0 Å². The molecule has 1 amide bonds. The van der Waals surface area contributed by atoms with Gasteiger partial charge >= 0.3 is 0 Å². The van der Waals surface area contributed by atoms with Crippen molar-refractivity contribution in [2.45, 2.75) is 38.5 Å². The van der Waals surface area contributed by atoms with E-state index >= 15 is 0 Å². The topological polar surface area (TPSA) is 70.5 Å². The van der Waals surface area contributed by atoms with Crippen molar-refractivity contribution >= 4 is 23.0 Å². The minimum atomic E-state index is -0.200. The Kier molecular flexibility index (Phi) is 7.43. The number of pyridine rings is 2. The second-order valence-electron chi connectivity index (χ2n) is 10.4. The minimum Gasteiger partial charge on any atom is -0.370 e. The first kappa shape index (κ1) is 25.0. The van der Waals surface area contributed by atoms with Crippen LogP contribution in [0.15, 0.2) is 90.4 Å². The molecule has 39 heavy (non-hydrogen) atoms. The van der Waals surface area contributed by atoms with E-state index in [-0.39, 0.29) is 5.91 Å². The average molecular weight is 516 g/mol. The first-order valence-electron chi connectivity index (χ1n) is 13.9. The number of hydrogen-bond acceptors (Lipinski definition) is 5. The van der Waals surface area contributed by atoms with Gasteiger partial charge in [0.25, 0.3) is 5.91 Å². The third-order valence-electron chi connectivity index (χ3n) is 7.54. The molecule has 2 aliphatic heterocycles. The normalized spacial score (nSPS) is 15.2. The lowest BCUT2D eigenvalue weighted by molar-refractivity contribution is -0.110. The van der Waals surface area contributed by atoms with Crippen LogP contribution in [0.1, 0.15) is 47.9 Å². The van der Waals surface area contributed by atoms with E-state index in [9.17, 15) is 4.79 Å². The van der Waals surface area contributed by atoms with Gasteiger partial charge in [0, 0.05) is 43.2 Å². The van der Waals surface area contributed by atoms with Gasteiger partial charge in [0.1, 0.15) is 5.71 Å². The van der Waals surface area contributed by atoms with Crippen molar-refractivity contribution < 1.29 is 4.79 Å². The Morgan fingerprint density at radius 3 is 2.51 bits per heavy atom. The summed E-state index contributed by atoms with van der Waals surface area (Å²) < 4.78 is 0. The van der Waals surface area contributed by atoms with E-state index in [1.165, 1.54) is 24.8 Å². The van der Waals surface area contributed by atoms with Crippen LogP contribution < -0.4 is 10.2 Å². The lowest BCUT2D eigenvalue weighted by atomic mass is 9.94. The van der Waals surface area contributed by atoms with E-state index in [0.717, 1.165) is 65.9 Å². The zero-order chi connectivity index (χ0) is 26.4. The maximum atomic E-state index is 13.6. The van der Waals surface area contributed by atoms with Crippen LogP contribution in [-0.2, 0) is 17.6 Å². The predicted octanol–water partition coefficient (Wildman–Crippen LogP) is 6.10. The number of aryl methyl sites for hydroxylation is 1. The van der Waals surface area contributed by atoms with Crippen LogP contribution in [-0.4, -0.2) is 41.2 Å². The molecule has 0 atom stereocenters. The Hall–Kier alpha value is -4.32.